The molecule has 1 heterocycles. The smallest absolute Gasteiger partial charge is 0.141 e. The van der Waals surface area contributed by atoms with E-state index in [1.165, 1.54) is 11.1 Å². The molecular weight excluding hydrogens is 262 g/mol. The van der Waals surface area contributed by atoms with Gasteiger partial charge in [0.1, 0.15) is 17.9 Å². The fraction of sp³-hybridized carbons (Fsp3) is 0.176. The van der Waals surface area contributed by atoms with Crippen LogP contribution in [-0.2, 0) is 0 Å². The minimum atomic E-state index is 0.791. The molecule has 0 unspecified atom stereocenters. The maximum atomic E-state index is 5.23. The highest BCUT2D eigenvalue weighted by Crippen LogP contribution is 2.27. The standard InChI is InChI=1S/C17H17N3O/c1-11-4-5-12(2)15(8-11)20-17-14-7-6-13(21-3)9-16(14)18-10-19-17/h4-10H,1-3H3,(H,18,19,20). The molecule has 0 bridgehead atoms. The first-order valence-electron chi connectivity index (χ1n) is 6.80. The third kappa shape index (κ3) is 2.65. The highest BCUT2D eigenvalue weighted by Gasteiger charge is 2.07. The minimum absolute atomic E-state index is 0.791. The predicted molar refractivity (Wildman–Crippen MR) is 85.3 cm³/mol. The number of hydrogen-bond acceptors (Lipinski definition) is 4. The van der Waals surface area contributed by atoms with Crippen LogP contribution >= 0.6 is 0 Å². The molecule has 0 aliphatic rings. The number of nitrogens with zero attached hydrogens (tertiary/aromatic N) is 2. The van der Waals surface area contributed by atoms with Gasteiger partial charge in [-0.15, -0.1) is 0 Å². The van der Waals surface area contributed by atoms with Crippen molar-refractivity contribution in [3.05, 3.63) is 53.9 Å². The minimum Gasteiger partial charge on any atom is -0.497 e. The number of fused-ring (bicyclic) bond motifs is 1. The van der Waals surface area contributed by atoms with Crippen LogP contribution < -0.4 is 10.1 Å². The molecule has 1 N–H and O–H groups in total. The number of aryl methyl sites for hydroxylation is 2. The number of methoxy groups -OCH3 is 1. The van der Waals surface area contributed by atoms with E-state index >= 15 is 0 Å². The van der Waals surface area contributed by atoms with Crippen molar-refractivity contribution in [2.75, 3.05) is 12.4 Å². The van der Waals surface area contributed by atoms with E-state index in [1.807, 2.05) is 18.2 Å². The molecule has 0 amide bonds. The van der Waals surface area contributed by atoms with Crippen LogP contribution in [0.5, 0.6) is 5.75 Å². The summed E-state index contributed by atoms with van der Waals surface area (Å²) in [5, 5.41) is 4.37. The molecule has 0 saturated carbocycles. The lowest BCUT2D eigenvalue weighted by Gasteiger charge is -2.12. The van der Waals surface area contributed by atoms with Crippen molar-refractivity contribution in [3.63, 3.8) is 0 Å². The van der Waals surface area contributed by atoms with Crippen LogP contribution in [0.25, 0.3) is 10.9 Å². The molecule has 0 saturated heterocycles. The predicted octanol–water partition coefficient (Wildman–Crippen LogP) is 4.00. The number of hydrogen-bond donors (Lipinski definition) is 1. The Morgan fingerprint density at radius 2 is 1.86 bits per heavy atom. The molecule has 3 rings (SSSR count). The van der Waals surface area contributed by atoms with E-state index in [1.54, 1.807) is 13.4 Å². The third-order valence-corrected chi connectivity index (χ3v) is 3.49. The first-order chi connectivity index (χ1) is 10.2. The number of nitrogens with one attached hydrogen (secondary N) is 1. The van der Waals surface area contributed by atoms with Gasteiger partial charge >= 0.3 is 0 Å². The lowest BCUT2D eigenvalue weighted by atomic mass is 10.1. The van der Waals surface area contributed by atoms with Crippen molar-refractivity contribution in [1.29, 1.82) is 0 Å². The molecule has 0 spiro atoms. The van der Waals surface area contributed by atoms with Crippen molar-refractivity contribution >= 4 is 22.4 Å². The molecule has 0 aliphatic heterocycles. The lowest BCUT2D eigenvalue weighted by molar-refractivity contribution is 0.415. The number of benzene rings is 2. The molecule has 0 radical (unpaired) electrons. The van der Waals surface area contributed by atoms with Crippen LogP contribution in [0.4, 0.5) is 11.5 Å². The highest BCUT2D eigenvalue weighted by atomic mass is 16.5. The van der Waals surface area contributed by atoms with Crippen molar-refractivity contribution in [2.24, 2.45) is 0 Å². The lowest BCUT2D eigenvalue weighted by Crippen LogP contribution is -1.98. The molecule has 4 nitrogen and oxygen atoms in total. The van der Waals surface area contributed by atoms with Gasteiger partial charge in [0.15, 0.2) is 0 Å². The SMILES string of the molecule is COc1ccc2c(Nc3cc(C)ccc3C)ncnc2c1. The van der Waals surface area contributed by atoms with Crippen molar-refractivity contribution in [2.45, 2.75) is 13.8 Å². The Balaban J connectivity index is 2.06. The molecule has 106 valence electrons. The second-order valence-corrected chi connectivity index (χ2v) is 5.05. The summed E-state index contributed by atoms with van der Waals surface area (Å²) in [6.45, 7) is 4.15. The number of rotatable bonds is 3. The van der Waals surface area contributed by atoms with Crippen LogP contribution in [0.15, 0.2) is 42.7 Å². The molecule has 4 heteroatoms. The Morgan fingerprint density at radius 3 is 2.67 bits per heavy atom. The fourth-order valence-electron chi connectivity index (χ4n) is 2.26. The molecule has 21 heavy (non-hydrogen) atoms. The monoisotopic (exact) mass is 279 g/mol. The van der Waals surface area contributed by atoms with Gasteiger partial charge in [-0.2, -0.15) is 0 Å². The zero-order chi connectivity index (χ0) is 14.8. The van der Waals surface area contributed by atoms with Crippen LogP contribution in [0.1, 0.15) is 11.1 Å². The number of anilines is 2. The molecule has 2 aromatic carbocycles. The molecule has 0 atom stereocenters. The van der Waals surface area contributed by atoms with E-state index in [9.17, 15) is 0 Å². The van der Waals surface area contributed by atoms with E-state index in [0.717, 1.165) is 28.2 Å². The van der Waals surface area contributed by atoms with Gasteiger partial charge in [0, 0.05) is 17.1 Å². The van der Waals surface area contributed by atoms with Gasteiger partial charge in [-0.05, 0) is 43.2 Å². The van der Waals surface area contributed by atoms with Crippen molar-refractivity contribution in [3.8, 4) is 5.75 Å². The molecule has 0 fully saturated rings. The maximum absolute atomic E-state index is 5.23. The van der Waals surface area contributed by atoms with Gasteiger partial charge in [0.25, 0.3) is 0 Å². The topological polar surface area (TPSA) is 47.0 Å². The molecule has 1 aromatic heterocycles. The van der Waals surface area contributed by atoms with E-state index in [2.05, 4.69) is 47.3 Å². The van der Waals surface area contributed by atoms with Gasteiger partial charge in [0.2, 0.25) is 0 Å². The Kier molecular flexibility index (Phi) is 3.44. The van der Waals surface area contributed by atoms with E-state index in [4.69, 9.17) is 4.74 Å². The summed E-state index contributed by atoms with van der Waals surface area (Å²) >= 11 is 0. The fourth-order valence-corrected chi connectivity index (χ4v) is 2.26. The first-order valence-corrected chi connectivity index (χ1v) is 6.80. The van der Waals surface area contributed by atoms with E-state index in [0.29, 0.717) is 0 Å². The van der Waals surface area contributed by atoms with Gasteiger partial charge < -0.3 is 10.1 Å². The largest absolute Gasteiger partial charge is 0.497 e. The second kappa shape index (κ2) is 5.40. The van der Waals surface area contributed by atoms with Crippen LogP contribution in [-0.4, -0.2) is 17.1 Å². The molecule has 3 aromatic rings. The van der Waals surface area contributed by atoms with Crippen LogP contribution in [0, 0.1) is 13.8 Å². The third-order valence-electron chi connectivity index (χ3n) is 3.49. The van der Waals surface area contributed by atoms with E-state index < -0.39 is 0 Å². The molecular formula is C17H17N3O. The normalized spacial score (nSPS) is 10.6. The summed E-state index contributed by atoms with van der Waals surface area (Å²) in [5.74, 6) is 1.59. The summed E-state index contributed by atoms with van der Waals surface area (Å²) in [4.78, 5) is 8.67. The van der Waals surface area contributed by atoms with Crippen molar-refractivity contribution < 1.29 is 4.74 Å². The number of ether oxygens (including phenoxy) is 1. The zero-order valence-electron chi connectivity index (χ0n) is 12.3. The van der Waals surface area contributed by atoms with E-state index in [-0.39, 0.29) is 0 Å². The Morgan fingerprint density at radius 1 is 1.00 bits per heavy atom. The number of aromatic nitrogens is 2. The van der Waals surface area contributed by atoms with Gasteiger partial charge in [0.05, 0.1) is 12.6 Å². The van der Waals surface area contributed by atoms with Crippen LogP contribution in [0.2, 0.25) is 0 Å². The first kappa shape index (κ1) is 13.4. The Bertz CT molecular complexity index is 799. The highest BCUT2D eigenvalue weighted by molar-refractivity contribution is 5.91. The average Bonchev–Trinajstić information content (AvgIpc) is 2.50. The summed E-state index contributed by atoms with van der Waals surface area (Å²) in [6.07, 6.45) is 1.56. The molecule has 0 aliphatic carbocycles. The maximum Gasteiger partial charge on any atom is 0.141 e. The Labute approximate surface area is 123 Å². The average molecular weight is 279 g/mol. The van der Waals surface area contributed by atoms with Gasteiger partial charge in [-0.3, -0.25) is 0 Å². The zero-order valence-corrected chi connectivity index (χ0v) is 12.3. The summed E-state index contributed by atoms with van der Waals surface area (Å²) in [7, 11) is 1.65. The summed E-state index contributed by atoms with van der Waals surface area (Å²) in [5.41, 5.74) is 4.31. The Hall–Kier alpha value is -2.62. The second-order valence-electron chi connectivity index (χ2n) is 5.05. The quantitative estimate of drug-likeness (QED) is 0.787. The van der Waals surface area contributed by atoms with Gasteiger partial charge in [-0.25, -0.2) is 9.97 Å². The van der Waals surface area contributed by atoms with Gasteiger partial charge in [-0.1, -0.05) is 12.1 Å². The van der Waals surface area contributed by atoms with Crippen LogP contribution in [0.3, 0.4) is 0 Å². The summed E-state index contributed by atoms with van der Waals surface area (Å²) in [6, 6.07) is 12.1. The summed E-state index contributed by atoms with van der Waals surface area (Å²) < 4.78 is 5.23. The van der Waals surface area contributed by atoms with Crippen molar-refractivity contribution in [1.82, 2.24) is 9.97 Å².